The highest BCUT2D eigenvalue weighted by atomic mass is 16.5. The van der Waals surface area contributed by atoms with E-state index in [1.54, 1.807) is 6.92 Å². The summed E-state index contributed by atoms with van der Waals surface area (Å²) in [6.07, 6.45) is 1.08. The molecule has 1 atom stereocenters. The van der Waals surface area contributed by atoms with E-state index in [0.717, 1.165) is 6.42 Å². The van der Waals surface area contributed by atoms with Gasteiger partial charge < -0.3 is 9.84 Å². The standard InChI is InChI=1S/C15H21N3O/c1-11(2)9-14(13-7-5-4-6-8-13)16-10-15-17-12(3)19-18-15/h4-8,11,14,16H,9-10H2,1-3H3. The second-order valence-electron chi connectivity index (χ2n) is 5.20. The van der Waals surface area contributed by atoms with Crippen molar-refractivity contribution in [1.29, 1.82) is 0 Å². The number of aryl methyl sites for hydroxylation is 1. The lowest BCUT2D eigenvalue weighted by Gasteiger charge is -2.20. The van der Waals surface area contributed by atoms with Crippen LogP contribution in [0.5, 0.6) is 0 Å². The monoisotopic (exact) mass is 259 g/mol. The van der Waals surface area contributed by atoms with E-state index >= 15 is 0 Å². The molecule has 0 radical (unpaired) electrons. The van der Waals surface area contributed by atoms with Crippen molar-refractivity contribution in [3.8, 4) is 0 Å². The van der Waals surface area contributed by atoms with Gasteiger partial charge in [-0.15, -0.1) is 0 Å². The van der Waals surface area contributed by atoms with Crippen LogP contribution in [0.25, 0.3) is 0 Å². The average Bonchev–Trinajstić information content (AvgIpc) is 2.81. The minimum Gasteiger partial charge on any atom is -0.340 e. The first kappa shape index (κ1) is 13.7. The summed E-state index contributed by atoms with van der Waals surface area (Å²) >= 11 is 0. The predicted molar refractivity (Wildman–Crippen MR) is 74.5 cm³/mol. The van der Waals surface area contributed by atoms with Crippen molar-refractivity contribution >= 4 is 0 Å². The molecule has 0 saturated carbocycles. The van der Waals surface area contributed by atoms with Crippen molar-refractivity contribution < 1.29 is 4.52 Å². The van der Waals surface area contributed by atoms with Crippen molar-refractivity contribution in [2.75, 3.05) is 0 Å². The minimum atomic E-state index is 0.319. The van der Waals surface area contributed by atoms with Crippen LogP contribution in [0.1, 0.15) is 43.6 Å². The molecule has 2 aromatic rings. The molecule has 1 unspecified atom stereocenters. The summed E-state index contributed by atoms with van der Waals surface area (Å²) < 4.78 is 4.98. The number of nitrogens with one attached hydrogen (secondary N) is 1. The van der Waals surface area contributed by atoms with Crippen LogP contribution >= 0.6 is 0 Å². The average molecular weight is 259 g/mol. The molecule has 0 aliphatic heterocycles. The van der Waals surface area contributed by atoms with Gasteiger partial charge in [-0.05, 0) is 17.9 Å². The van der Waals surface area contributed by atoms with E-state index in [-0.39, 0.29) is 0 Å². The highest BCUT2D eigenvalue weighted by Gasteiger charge is 2.13. The summed E-state index contributed by atoms with van der Waals surface area (Å²) in [6, 6.07) is 10.8. The molecule has 4 nitrogen and oxygen atoms in total. The number of nitrogens with zero attached hydrogens (tertiary/aromatic N) is 2. The third kappa shape index (κ3) is 4.17. The van der Waals surface area contributed by atoms with Gasteiger partial charge in [0.15, 0.2) is 5.82 Å². The Kier molecular flexibility index (Phi) is 4.68. The second kappa shape index (κ2) is 6.48. The lowest BCUT2D eigenvalue weighted by atomic mass is 9.97. The van der Waals surface area contributed by atoms with E-state index in [1.165, 1.54) is 5.56 Å². The Morgan fingerprint density at radius 3 is 2.53 bits per heavy atom. The van der Waals surface area contributed by atoms with Gasteiger partial charge in [-0.25, -0.2) is 0 Å². The van der Waals surface area contributed by atoms with Crippen molar-refractivity contribution in [3.63, 3.8) is 0 Å². The van der Waals surface area contributed by atoms with E-state index in [2.05, 4.69) is 53.6 Å². The maximum atomic E-state index is 4.98. The van der Waals surface area contributed by atoms with Gasteiger partial charge in [0.25, 0.3) is 0 Å². The van der Waals surface area contributed by atoms with Crippen LogP contribution < -0.4 is 5.32 Å². The van der Waals surface area contributed by atoms with E-state index in [4.69, 9.17) is 4.52 Å². The molecule has 0 aliphatic carbocycles. The Labute approximate surface area is 114 Å². The zero-order valence-corrected chi connectivity index (χ0v) is 11.8. The number of rotatable bonds is 6. The molecule has 1 heterocycles. The van der Waals surface area contributed by atoms with E-state index in [9.17, 15) is 0 Å². The van der Waals surface area contributed by atoms with Crippen molar-refractivity contribution in [1.82, 2.24) is 15.5 Å². The van der Waals surface area contributed by atoms with Crippen molar-refractivity contribution in [3.05, 3.63) is 47.6 Å². The van der Waals surface area contributed by atoms with Crippen LogP contribution in [0.15, 0.2) is 34.9 Å². The number of hydrogen-bond donors (Lipinski definition) is 1. The summed E-state index contributed by atoms with van der Waals surface area (Å²) in [5.41, 5.74) is 1.30. The van der Waals surface area contributed by atoms with Gasteiger partial charge in [-0.3, -0.25) is 0 Å². The van der Waals surface area contributed by atoms with E-state index < -0.39 is 0 Å². The summed E-state index contributed by atoms with van der Waals surface area (Å²) in [4.78, 5) is 4.22. The fourth-order valence-electron chi connectivity index (χ4n) is 2.12. The third-order valence-corrected chi connectivity index (χ3v) is 2.99. The molecule has 1 N–H and O–H groups in total. The zero-order chi connectivity index (χ0) is 13.7. The Morgan fingerprint density at radius 1 is 1.21 bits per heavy atom. The highest BCUT2D eigenvalue weighted by molar-refractivity contribution is 5.19. The smallest absolute Gasteiger partial charge is 0.223 e. The number of hydrogen-bond acceptors (Lipinski definition) is 4. The maximum absolute atomic E-state index is 4.98. The van der Waals surface area contributed by atoms with Crippen molar-refractivity contribution in [2.45, 2.75) is 39.8 Å². The summed E-state index contributed by atoms with van der Waals surface area (Å²) in [7, 11) is 0. The number of benzene rings is 1. The Hall–Kier alpha value is -1.68. The molecular weight excluding hydrogens is 238 g/mol. The molecule has 0 bridgehead atoms. The van der Waals surface area contributed by atoms with Crippen LogP contribution in [-0.4, -0.2) is 10.1 Å². The van der Waals surface area contributed by atoms with Gasteiger partial charge in [-0.2, -0.15) is 4.98 Å². The molecule has 102 valence electrons. The Morgan fingerprint density at radius 2 is 1.95 bits per heavy atom. The fraction of sp³-hybridized carbons (Fsp3) is 0.467. The van der Waals surface area contributed by atoms with Gasteiger partial charge in [0.2, 0.25) is 5.89 Å². The summed E-state index contributed by atoms with van der Waals surface area (Å²) in [6.45, 7) is 6.90. The normalized spacial score (nSPS) is 12.8. The Bertz CT molecular complexity index is 493. The molecule has 0 fully saturated rings. The second-order valence-corrected chi connectivity index (χ2v) is 5.20. The molecule has 0 spiro atoms. The van der Waals surface area contributed by atoms with Crippen LogP contribution in [0.2, 0.25) is 0 Å². The molecule has 0 aliphatic rings. The predicted octanol–water partition coefficient (Wildman–Crippen LogP) is 3.26. The molecule has 2 rings (SSSR count). The topological polar surface area (TPSA) is 51.0 Å². The first-order valence-corrected chi connectivity index (χ1v) is 6.72. The SMILES string of the molecule is Cc1nc(CNC(CC(C)C)c2ccccc2)no1. The van der Waals surface area contributed by atoms with Gasteiger partial charge in [0.1, 0.15) is 0 Å². The first-order chi connectivity index (χ1) is 9.15. The molecule has 1 aromatic carbocycles. The molecule has 19 heavy (non-hydrogen) atoms. The molecular formula is C15H21N3O. The van der Waals surface area contributed by atoms with E-state index in [1.807, 2.05) is 6.07 Å². The lowest BCUT2D eigenvalue weighted by Crippen LogP contribution is -2.23. The first-order valence-electron chi connectivity index (χ1n) is 6.72. The quantitative estimate of drug-likeness (QED) is 0.865. The molecule has 1 aromatic heterocycles. The van der Waals surface area contributed by atoms with Crippen molar-refractivity contribution in [2.24, 2.45) is 5.92 Å². The maximum Gasteiger partial charge on any atom is 0.223 e. The van der Waals surface area contributed by atoms with Gasteiger partial charge in [0.05, 0.1) is 6.54 Å². The van der Waals surface area contributed by atoms with Gasteiger partial charge in [0, 0.05) is 13.0 Å². The van der Waals surface area contributed by atoms with Crippen LogP contribution in [0.4, 0.5) is 0 Å². The molecule has 0 amide bonds. The largest absolute Gasteiger partial charge is 0.340 e. The number of aromatic nitrogens is 2. The lowest BCUT2D eigenvalue weighted by molar-refractivity contribution is 0.378. The van der Waals surface area contributed by atoms with E-state index in [0.29, 0.717) is 30.2 Å². The van der Waals surface area contributed by atoms with Gasteiger partial charge in [-0.1, -0.05) is 49.3 Å². The fourth-order valence-corrected chi connectivity index (χ4v) is 2.12. The summed E-state index contributed by atoms with van der Waals surface area (Å²) in [5.74, 6) is 1.95. The van der Waals surface area contributed by atoms with Crippen LogP contribution in [-0.2, 0) is 6.54 Å². The zero-order valence-electron chi connectivity index (χ0n) is 11.8. The third-order valence-electron chi connectivity index (χ3n) is 2.99. The molecule has 0 saturated heterocycles. The van der Waals surface area contributed by atoms with Gasteiger partial charge >= 0.3 is 0 Å². The highest BCUT2D eigenvalue weighted by Crippen LogP contribution is 2.21. The molecule has 4 heteroatoms. The Balaban J connectivity index is 2.02. The minimum absolute atomic E-state index is 0.319. The summed E-state index contributed by atoms with van der Waals surface area (Å²) in [5, 5.41) is 7.42. The van der Waals surface area contributed by atoms with Crippen LogP contribution in [0, 0.1) is 12.8 Å². The van der Waals surface area contributed by atoms with Crippen LogP contribution in [0.3, 0.4) is 0 Å².